The second-order valence-electron chi connectivity index (χ2n) is 3.35. The van der Waals surface area contributed by atoms with Crippen LogP contribution in [-0.2, 0) is 22.1 Å². The first-order valence-electron chi connectivity index (χ1n) is 4.66. The molecule has 1 rings (SSSR count). The summed E-state index contributed by atoms with van der Waals surface area (Å²) < 4.78 is 42.5. The average molecular weight is 278 g/mol. The molecule has 1 aromatic carbocycles. The fraction of sp³-hybridized carbons (Fsp3) is 0.273. The monoisotopic (exact) mass is 277 g/mol. The standard InChI is InChI=1S/C11H7ClF3NO2/c1-18-10(17)4-6-3-9(12)7(5-16)2-8(6)11(13,14)15/h2-3H,4H2,1H3. The number of ether oxygens (including phenoxy) is 1. The van der Waals surface area contributed by atoms with Crippen LogP contribution in [0.4, 0.5) is 13.2 Å². The summed E-state index contributed by atoms with van der Waals surface area (Å²) in [6.07, 6.45) is -5.23. The van der Waals surface area contributed by atoms with Gasteiger partial charge >= 0.3 is 12.1 Å². The second-order valence-corrected chi connectivity index (χ2v) is 3.76. The van der Waals surface area contributed by atoms with Crippen molar-refractivity contribution in [1.29, 1.82) is 5.26 Å². The zero-order valence-corrected chi connectivity index (χ0v) is 9.89. The van der Waals surface area contributed by atoms with E-state index in [0.717, 1.165) is 13.2 Å². The molecule has 7 heteroatoms. The number of hydrogen-bond acceptors (Lipinski definition) is 3. The Morgan fingerprint density at radius 3 is 2.56 bits per heavy atom. The van der Waals surface area contributed by atoms with Gasteiger partial charge in [-0.25, -0.2) is 0 Å². The Kier molecular flexibility index (Phi) is 4.19. The highest BCUT2D eigenvalue weighted by Gasteiger charge is 2.34. The molecule has 96 valence electrons. The van der Waals surface area contributed by atoms with Crippen molar-refractivity contribution in [3.8, 4) is 6.07 Å². The van der Waals surface area contributed by atoms with E-state index in [4.69, 9.17) is 16.9 Å². The van der Waals surface area contributed by atoms with Crippen molar-refractivity contribution in [2.75, 3.05) is 7.11 Å². The first-order chi connectivity index (χ1) is 8.29. The van der Waals surface area contributed by atoms with Gasteiger partial charge in [0.2, 0.25) is 0 Å². The molecule has 0 bridgehead atoms. The number of hydrogen-bond donors (Lipinski definition) is 0. The lowest BCUT2D eigenvalue weighted by atomic mass is 10.0. The normalized spacial score (nSPS) is 10.9. The highest BCUT2D eigenvalue weighted by atomic mass is 35.5. The van der Waals surface area contributed by atoms with Crippen LogP contribution in [0.2, 0.25) is 5.02 Å². The Bertz CT molecular complexity index is 520. The molecule has 0 spiro atoms. The van der Waals surface area contributed by atoms with Gasteiger partial charge in [-0.15, -0.1) is 0 Å². The fourth-order valence-corrected chi connectivity index (χ4v) is 1.57. The number of benzene rings is 1. The number of esters is 1. The van der Waals surface area contributed by atoms with Crippen molar-refractivity contribution in [1.82, 2.24) is 0 Å². The molecule has 0 N–H and O–H groups in total. The summed E-state index contributed by atoms with van der Waals surface area (Å²) in [5.41, 5.74) is -1.68. The van der Waals surface area contributed by atoms with Crippen LogP contribution in [0.1, 0.15) is 16.7 Å². The minimum Gasteiger partial charge on any atom is -0.469 e. The van der Waals surface area contributed by atoms with Crippen LogP contribution in [0, 0.1) is 11.3 Å². The van der Waals surface area contributed by atoms with Gasteiger partial charge < -0.3 is 4.74 Å². The Morgan fingerprint density at radius 2 is 2.11 bits per heavy atom. The topological polar surface area (TPSA) is 50.1 Å². The molecule has 0 aliphatic heterocycles. The average Bonchev–Trinajstić information content (AvgIpc) is 2.27. The third kappa shape index (κ3) is 3.14. The van der Waals surface area contributed by atoms with Gasteiger partial charge in [0.1, 0.15) is 6.07 Å². The maximum absolute atomic E-state index is 12.7. The number of alkyl halides is 3. The molecule has 0 heterocycles. The maximum atomic E-state index is 12.7. The molecule has 0 aliphatic rings. The first-order valence-corrected chi connectivity index (χ1v) is 5.04. The van der Waals surface area contributed by atoms with Crippen LogP contribution >= 0.6 is 11.6 Å². The summed E-state index contributed by atoms with van der Waals surface area (Å²) in [5, 5.41) is 8.50. The summed E-state index contributed by atoms with van der Waals surface area (Å²) in [6.45, 7) is 0. The van der Waals surface area contributed by atoms with Gasteiger partial charge in [0.05, 0.1) is 29.7 Å². The quantitative estimate of drug-likeness (QED) is 0.781. The lowest BCUT2D eigenvalue weighted by Gasteiger charge is -2.13. The Balaban J connectivity index is 3.36. The van der Waals surface area contributed by atoms with E-state index < -0.39 is 24.1 Å². The molecule has 0 saturated heterocycles. The van der Waals surface area contributed by atoms with E-state index in [9.17, 15) is 18.0 Å². The summed E-state index contributed by atoms with van der Waals surface area (Å²) in [7, 11) is 1.07. The third-order valence-corrected chi connectivity index (χ3v) is 2.49. The van der Waals surface area contributed by atoms with Crippen molar-refractivity contribution in [2.45, 2.75) is 12.6 Å². The molecule has 0 saturated carbocycles. The van der Waals surface area contributed by atoms with Gasteiger partial charge in [-0.3, -0.25) is 4.79 Å². The zero-order chi connectivity index (χ0) is 13.9. The number of halogens is 4. The van der Waals surface area contributed by atoms with Crippen LogP contribution in [0.25, 0.3) is 0 Å². The summed E-state index contributed by atoms with van der Waals surface area (Å²) in [4.78, 5) is 11.0. The van der Waals surface area contributed by atoms with E-state index in [1.54, 1.807) is 6.07 Å². The highest BCUT2D eigenvalue weighted by molar-refractivity contribution is 6.31. The minimum absolute atomic E-state index is 0.135. The van der Waals surface area contributed by atoms with Crippen molar-refractivity contribution >= 4 is 17.6 Å². The Hall–Kier alpha value is -1.74. The van der Waals surface area contributed by atoms with Crippen LogP contribution in [0.3, 0.4) is 0 Å². The molecule has 0 atom stereocenters. The molecule has 0 aliphatic carbocycles. The number of carbonyl (C=O) groups is 1. The van der Waals surface area contributed by atoms with Gasteiger partial charge in [-0.05, 0) is 17.7 Å². The Morgan fingerprint density at radius 1 is 1.50 bits per heavy atom. The number of carbonyl (C=O) groups excluding carboxylic acids is 1. The van der Waals surface area contributed by atoms with E-state index in [0.29, 0.717) is 6.07 Å². The molecular weight excluding hydrogens is 271 g/mol. The van der Waals surface area contributed by atoms with Crippen LogP contribution in [0.15, 0.2) is 12.1 Å². The molecule has 3 nitrogen and oxygen atoms in total. The van der Waals surface area contributed by atoms with Crippen LogP contribution < -0.4 is 0 Å². The lowest BCUT2D eigenvalue weighted by Crippen LogP contribution is -2.14. The van der Waals surface area contributed by atoms with E-state index in [2.05, 4.69) is 4.74 Å². The summed E-state index contributed by atoms with van der Waals surface area (Å²) >= 11 is 5.64. The zero-order valence-electron chi connectivity index (χ0n) is 9.14. The van der Waals surface area contributed by atoms with E-state index >= 15 is 0 Å². The van der Waals surface area contributed by atoms with E-state index in [1.165, 1.54) is 0 Å². The van der Waals surface area contributed by atoms with Gasteiger partial charge in [0, 0.05) is 0 Å². The number of methoxy groups -OCH3 is 1. The van der Waals surface area contributed by atoms with E-state index in [1.807, 2.05) is 0 Å². The van der Waals surface area contributed by atoms with Crippen molar-refractivity contribution < 1.29 is 22.7 Å². The predicted octanol–water partition coefficient (Wildman–Crippen LogP) is 2.95. The number of nitrogens with zero attached hydrogens (tertiary/aromatic N) is 1. The van der Waals surface area contributed by atoms with Crippen LogP contribution in [0.5, 0.6) is 0 Å². The number of nitriles is 1. The predicted molar refractivity (Wildman–Crippen MR) is 56.9 cm³/mol. The summed E-state index contributed by atoms with van der Waals surface area (Å²) in [5.74, 6) is -0.818. The molecule has 0 unspecified atom stereocenters. The molecule has 0 fully saturated rings. The van der Waals surface area contributed by atoms with Gasteiger partial charge in [-0.1, -0.05) is 11.6 Å². The largest absolute Gasteiger partial charge is 0.469 e. The first kappa shape index (κ1) is 14.3. The van der Waals surface area contributed by atoms with Crippen molar-refractivity contribution in [3.63, 3.8) is 0 Å². The van der Waals surface area contributed by atoms with Crippen molar-refractivity contribution in [3.05, 3.63) is 33.8 Å². The van der Waals surface area contributed by atoms with Crippen molar-refractivity contribution in [2.24, 2.45) is 0 Å². The third-order valence-electron chi connectivity index (χ3n) is 2.18. The minimum atomic E-state index is -4.67. The van der Waals surface area contributed by atoms with Gasteiger partial charge in [-0.2, -0.15) is 18.4 Å². The van der Waals surface area contributed by atoms with Gasteiger partial charge in [0.25, 0.3) is 0 Å². The number of rotatable bonds is 2. The maximum Gasteiger partial charge on any atom is 0.416 e. The second kappa shape index (κ2) is 5.27. The molecule has 18 heavy (non-hydrogen) atoms. The SMILES string of the molecule is COC(=O)Cc1cc(Cl)c(C#N)cc1C(F)(F)F. The molecule has 0 amide bonds. The molecule has 0 aromatic heterocycles. The van der Waals surface area contributed by atoms with Crippen LogP contribution in [-0.4, -0.2) is 13.1 Å². The smallest absolute Gasteiger partial charge is 0.416 e. The summed E-state index contributed by atoms with van der Waals surface area (Å²) in [6, 6.07) is 3.14. The van der Waals surface area contributed by atoms with E-state index in [-0.39, 0.29) is 16.1 Å². The van der Waals surface area contributed by atoms with Gasteiger partial charge in [0.15, 0.2) is 0 Å². The molecule has 1 aromatic rings. The molecular formula is C11H7ClF3NO2. The lowest BCUT2D eigenvalue weighted by molar-refractivity contribution is -0.141. The fourth-order valence-electron chi connectivity index (χ4n) is 1.34. The highest BCUT2D eigenvalue weighted by Crippen LogP contribution is 2.35. The molecule has 0 radical (unpaired) electrons. The Labute approximate surface area is 106 Å².